The maximum Gasteiger partial charge on any atom is 0.394 e. The normalized spacial score (nSPS) is 19.7. The lowest BCUT2D eigenvalue weighted by molar-refractivity contribution is -0.150. The molecule has 1 aromatic carbocycles. The topological polar surface area (TPSA) is 78.8 Å². The number of nitrogens with zero attached hydrogens (tertiary/aromatic N) is 1. The van der Waals surface area contributed by atoms with Gasteiger partial charge in [0, 0.05) is 10.5 Å². The molecule has 0 bridgehead atoms. The summed E-state index contributed by atoms with van der Waals surface area (Å²) >= 11 is 1.35. The number of fused-ring (bicyclic) bond motifs is 3. The number of rotatable bonds is 1. The number of aliphatic imine (C=N–C) groups is 1. The van der Waals surface area contributed by atoms with E-state index in [1.807, 2.05) is 30.3 Å². The summed E-state index contributed by atoms with van der Waals surface area (Å²) in [6.45, 7) is 0. The molecule has 1 atom stereocenters. The van der Waals surface area contributed by atoms with Gasteiger partial charge in [0.2, 0.25) is 0 Å². The molecule has 6 heteroatoms. The lowest BCUT2D eigenvalue weighted by atomic mass is 10.1. The maximum atomic E-state index is 11.1. The van der Waals surface area contributed by atoms with E-state index in [0.717, 1.165) is 21.7 Å². The predicted molar refractivity (Wildman–Crippen MR) is 68.1 cm³/mol. The number of allylic oxidation sites excluding steroid dienone is 1. The van der Waals surface area contributed by atoms with E-state index in [9.17, 15) is 9.59 Å². The molecule has 1 heterocycles. The molecule has 0 spiro atoms. The Morgan fingerprint density at radius 3 is 2.89 bits per heavy atom. The Morgan fingerprint density at radius 1 is 1.33 bits per heavy atom. The highest BCUT2D eigenvalue weighted by Gasteiger charge is 2.31. The number of benzene rings is 1. The van der Waals surface area contributed by atoms with Gasteiger partial charge in [-0.05, 0) is 11.6 Å². The Bertz CT molecular complexity index is 622. The zero-order valence-corrected chi connectivity index (χ0v) is 9.90. The van der Waals surface area contributed by atoms with Crippen LogP contribution in [0.2, 0.25) is 0 Å². The lowest BCUT2D eigenvalue weighted by Gasteiger charge is -2.06. The zero-order chi connectivity index (χ0) is 12.7. The zero-order valence-electron chi connectivity index (χ0n) is 9.08. The molecular weight excluding hydrogens is 252 g/mol. The van der Waals surface area contributed by atoms with Gasteiger partial charge in [-0.2, -0.15) is 0 Å². The van der Waals surface area contributed by atoms with E-state index in [0.29, 0.717) is 0 Å². The first-order valence-electron chi connectivity index (χ1n) is 5.25. The Balaban J connectivity index is 1.85. The van der Waals surface area contributed by atoms with Gasteiger partial charge in [0.15, 0.2) is 5.50 Å². The number of carboxylic acid groups (broad SMARTS) is 1. The van der Waals surface area contributed by atoms with Gasteiger partial charge in [-0.15, -0.1) is 0 Å². The van der Waals surface area contributed by atoms with Crippen molar-refractivity contribution in [1.29, 1.82) is 0 Å². The van der Waals surface area contributed by atoms with Crippen molar-refractivity contribution in [1.82, 2.24) is 5.32 Å². The third kappa shape index (κ3) is 1.70. The standard InChI is InChI=1S/C12H8N2O3S/c15-10(11(16)17)14-12-13-9-7-4-2-1-3-6(7)5-8(9)18-12/h1-5,12H,(H,14,15)(H,16,17). The van der Waals surface area contributed by atoms with Gasteiger partial charge >= 0.3 is 11.9 Å². The minimum absolute atomic E-state index is 0.553. The van der Waals surface area contributed by atoms with Gasteiger partial charge in [0.25, 0.3) is 0 Å². The molecule has 1 aliphatic carbocycles. The van der Waals surface area contributed by atoms with Crippen molar-refractivity contribution in [3.05, 3.63) is 40.3 Å². The molecule has 0 fully saturated rings. The molecule has 18 heavy (non-hydrogen) atoms. The summed E-state index contributed by atoms with van der Waals surface area (Å²) in [5.74, 6) is -2.53. The van der Waals surface area contributed by atoms with Crippen LogP contribution in [0, 0.1) is 0 Å². The first-order valence-corrected chi connectivity index (χ1v) is 6.13. The van der Waals surface area contributed by atoms with Gasteiger partial charge in [-0.25, -0.2) is 9.79 Å². The third-order valence-corrected chi connectivity index (χ3v) is 3.68. The van der Waals surface area contributed by atoms with Crippen LogP contribution in [-0.2, 0) is 9.59 Å². The highest BCUT2D eigenvalue weighted by atomic mass is 32.2. The first kappa shape index (κ1) is 11.0. The third-order valence-electron chi connectivity index (χ3n) is 2.67. The summed E-state index contributed by atoms with van der Waals surface area (Å²) in [5.41, 5.74) is 2.39. The number of amides is 1. The van der Waals surface area contributed by atoms with Crippen molar-refractivity contribution in [2.75, 3.05) is 0 Å². The molecule has 0 saturated carbocycles. The molecule has 1 aromatic rings. The minimum Gasteiger partial charge on any atom is -0.474 e. The number of hydrogen-bond donors (Lipinski definition) is 2. The molecule has 2 aliphatic rings. The summed E-state index contributed by atoms with van der Waals surface area (Å²) in [4.78, 5) is 26.8. The lowest BCUT2D eigenvalue weighted by Crippen LogP contribution is -2.35. The first-order chi connectivity index (χ1) is 8.65. The van der Waals surface area contributed by atoms with Crippen LogP contribution in [0.5, 0.6) is 0 Å². The Hall–Kier alpha value is -2.08. The fraction of sp³-hybridized carbons (Fsp3) is 0.0833. The average Bonchev–Trinajstić information content (AvgIpc) is 2.85. The number of nitrogens with one attached hydrogen (secondary N) is 1. The molecule has 1 unspecified atom stereocenters. The molecular formula is C12H8N2O3S. The smallest absolute Gasteiger partial charge is 0.394 e. The number of thioether (sulfide) groups is 1. The van der Waals surface area contributed by atoms with Crippen LogP contribution in [0.15, 0.2) is 34.2 Å². The van der Waals surface area contributed by atoms with Crippen LogP contribution in [0.25, 0.3) is 6.08 Å². The van der Waals surface area contributed by atoms with Crippen molar-refractivity contribution in [3.63, 3.8) is 0 Å². The van der Waals surface area contributed by atoms with E-state index in [2.05, 4.69) is 10.3 Å². The van der Waals surface area contributed by atoms with Crippen LogP contribution in [0.3, 0.4) is 0 Å². The predicted octanol–water partition coefficient (Wildman–Crippen LogP) is 1.06. The summed E-state index contributed by atoms with van der Waals surface area (Å²) < 4.78 is 0. The minimum atomic E-state index is -1.50. The van der Waals surface area contributed by atoms with Crippen molar-refractivity contribution in [2.45, 2.75) is 5.50 Å². The van der Waals surface area contributed by atoms with Gasteiger partial charge in [-0.1, -0.05) is 36.0 Å². The van der Waals surface area contributed by atoms with Crippen LogP contribution in [0.4, 0.5) is 0 Å². The van der Waals surface area contributed by atoms with Crippen LogP contribution < -0.4 is 5.32 Å². The van der Waals surface area contributed by atoms with Gasteiger partial charge in [-0.3, -0.25) is 4.79 Å². The quantitative estimate of drug-likeness (QED) is 0.740. The van der Waals surface area contributed by atoms with Crippen molar-refractivity contribution in [2.24, 2.45) is 4.99 Å². The summed E-state index contributed by atoms with van der Waals surface area (Å²) in [5, 5.41) is 10.9. The second-order valence-corrected chi connectivity index (χ2v) is 4.94. The molecule has 90 valence electrons. The van der Waals surface area contributed by atoms with E-state index >= 15 is 0 Å². The molecule has 0 radical (unpaired) electrons. The molecule has 3 rings (SSSR count). The molecule has 0 saturated heterocycles. The second-order valence-electron chi connectivity index (χ2n) is 3.82. The van der Waals surface area contributed by atoms with Crippen LogP contribution in [-0.4, -0.2) is 28.2 Å². The summed E-state index contributed by atoms with van der Waals surface area (Å²) in [7, 11) is 0. The van der Waals surface area contributed by atoms with Crippen molar-refractivity contribution in [3.8, 4) is 0 Å². The summed E-state index contributed by atoms with van der Waals surface area (Å²) in [6, 6.07) is 7.83. The molecule has 2 N–H and O–H groups in total. The van der Waals surface area contributed by atoms with E-state index in [1.54, 1.807) is 0 Å². The van der Waals surface area contributed by atoms with E-state index in [-0.39, 0.29) is 0 Å². The van der Waals surface area contributed by atoms with Crippen molar-refractivity contribution >= 4 is 35.4 Å². The number of aliphatic carboxylic acids is 1. The van der Waals surface area contributed by atoms with E-state index < -0.39 is 17.4 Å². The van der Waals surface area contributed by atoms with Gasteiger partial charge in [0.1, 0.15) is 0 Å². The van der Waals surface area contributed by atoms with E-state index in [1.165, 1.54) is 11.8 Å². The van der Waals surface area contributed by atoms with Crippen molar-refractivity contribution < 1.29 is 14.7 Å². The number of hydrogen-bond acceptors (Lipinski definition) is 4. The Labute approximate surface area is 107 Å². The molecule has 1 amide bonds. The molecule has 5 nitrogen and oxygen atoms in total. The number of carbonyl (C=O) groups excluding carboxylic acids is 1. The fourth-order valence-corrected chi connectivity index (χ4v) is 2.94. The maximum absolute atomic E-state index is 11.1. The summed E-state index contributed by atoms with van der Waals surface area (Å²) in [6.07, 6.45) is 1.99. The molecule has 0 aromatic heterocycles. The fourth-order valence-electron chi connectivity index (χ4n) is 1.90. The van der Waals surface area contributed by atoms with Crippen LogP contribution in [0.1, 0.15) is 11.1 Å². The van der Waals surface area contributed by atoms with Gasteiger partial charge in [0.05, 0.1) is 5.71 Å². The second kappa shape index (κ2) is 3.99. The monoisotopic (exact) mass is 260 g/mol. The number of carboxylic acids is 1. The largest absolute Gasteiger partial charge is 0.474 e. The Kier molecular flexibility index (Phi) is 2.45. The number of carbonyl (C=O) groups is 2. The van der Waals surface area contributed by atoms with E-state index in [4.69, 9.17) is 5.11 Å². The Morgan fingerprint density at radius 2 is 2.11 bits per heavy atom. The van der Waals surface area contributed by atoms with Crippen LogP contribution >= 0.6 is 11.8 Å². The highest BCUT2D eigenvalue weighted by molar-refractivity contribution is 8.05. The van der Waals surface area contributed by atoms with Gasteiger partial charge < -0.3 is 10.4 Å². The highest BCUT2D eigenvalue weighted by Crippen LogP contribution is 2.39. The molecule has 1 aliphatic heterocycles. The SMILES string of the molecule is O=C(O)C(=O)NC1N=C2C(=Cc3ccccc32)S1. The average molecular weight is 260 g/mol.